The van der Waals surface area contributed by atoms with Crippen LogP contribution >= 0.6 is 11.3 Å². The van der Waals surface area contributed by atoms with Gasteiger partial charge in [-0.05, 0) is 43.3 Å². The second kappa shape index (κ2) is 7.79. The maximum absolute atomic E-state index is 12.7. The van der Waals surface area contributed by atoms with Gasteiger partial charge in [0.2, 0.25) is 0 Å². The first kappa shape index (κ1) is 19.9. The van der Waals surface area contributed by atoms with E-state index in [2.05, 4.69) is 19.6 Å². The van der Waals surface area contributed by atoms with Crippen molar-refractivity contribution in [2.24, 2.45) is 0 Å². The molecule has 0 unspecified atom stereocenters. The van der Waals surface area contributed by atoms with Gasteiger partial charge in [0, 0.05) is 11.1 Å². The number of rotatable bonds is 5. The lowest BCUT2D eigenvalue weighted by Crippen LogP contribution is -2.03. The third kappa shape index (κ3) is 4.28. The average Bonchev–Trinajstić information content (AvgIpc) is 3.32. The van der Waals surface area contributed by atoms with Crippen LogP contribution in [0, 0.1) is 6.92 Å². The number of benzene rings is 2. The molecule has 0 atom stereocenters. The summed E-state index contributed by atoms with van der Waals surface area (Å²) in [5.74, 6) is 0.300. The number of alkyl halides is 3. The van der Waals surface area contributed by atoms with Crippen LogP contribution in [0.3, 0.4) is 0 Å². The highest BCUT2D eigenvalue weighted by atomic mass is 32.1. The predicted molar refractivity (Wildman–Crippen MR) is 104 cm³/mol. The van der Waals surface area contributed by atoms with Gasteiger partial charge in [0.25, 0.3) is 0 Å². The molecular formula is C20H14F3N3O3S. The minimum atomic E-state index is -4.37. The summed E-state index contributed by atoms with van der Waals surface area (Å²) < 4.78 is 48.4. The van der Waals surface area contributed by atoms with Crippen molar-refractivity contribution in [1.29, 1.82) is 0 Å². The van der Waals surface area contributed by atoms with E-state index < -0.39 is 17.5 Å². The molecule has 154 valence electrons. The van der Waals surface area contributed by atoms with Crippen LogP contribution in [0.2, 0.25) is 0 Å². The number of nitrogens with one attached hydrogen (secondary N) is 1. The van der Waals surface area contributed by atoms with E-state index in [0.29, 0.717) is 27.7 Å². The molecule has 0 fully saturated rings. The molecule has 0 spiro atoms. The number of ether oxygens (including phenoxy) is 1. The maximum Gasteiger partial charge on any atom is 0.439 e. The SMILES string of the molecule is Cc1nc(-c2ccc(C(F)(F)F)cc2)sc1COc1ccc(-c2noc(=O)[nH]2)cc1. The summed E-state index contributed by atoms with van der Waals surface area (Å²) in [4.78, 5) is 18.8. The van der Waals surface area contributed by atoms with Gasteiger partial charge in [-0.15, -0.1) is 11.3 Å². The first-order valence-electron chi connectivity index (χ1n) is 8.73. The molecule has 10 heteroatoms. The molecule has 2 heterocycles. The number of nitrogens with zero attached hydrogens (tertiary/aromatic N) is 2. The summed E-state index contributed by atoms with van der Waals surface area (Å²) in [5, 5.41) is 4.25. The number of hydrogen-bond donors (Lipinski definition) is 1. The highest BCUT2D eigenvalue weighted by molar-refractivity contribution is 7.15. The average molecular weight is 433 g/mol. The summed E-state index contributed by atoms with van der Waals surface area (Å²) in [6.45, 7) is 2.09. The van der Waals surface area contributed by atoms with E-state index in [-0.39, 0.29) is 6.61 Å². The van der Waals surface area contributed by atoms with E-state index in [1.54, 1.807) is 24.3 Å². The molecule has 30 heavy (non-hydrogen) atoms. The number of aromatic nitrogens is 3. The zero-order valence-corrected chi connectivity index (χ0v) is 16.3. The molecule has 6 nitrogen and oxygen atoms in total. The first-order valence-corrected chi connectivity index (χ1v) is 9.54. The van der Waals surface area contributed by atoms with E-state index in [9.17, 15) is 18.0 Å². The number of H-pyrrole nitrogens is 1. The Hall–Kier alpha value is -3.40. The second-order valence-electron chi connectivity index (χ2n) is 6.36. The van der Waals surface area contributed by atoms with Crippen LogP contribution in [-0.4, -0.2) is 15.1 Å². The van der Waals surface area contributed by atoms with Crippen LogP contribution in [0.1, 0.15) is 16.1 Å². The molecule has 4 rings (SSSR count). The smallest absolute Gasteiger partial charge is 0.439 e. The van der Waals surface area contributed by atoms with E-state index in [1.165, 1.54) is 23.5 Å². The lowest BCUT2D eigenvalue weighted by molar-refractivity contribution is -0.137. The predicted octanol–water partition coefficient (Wildman–Crippen LogP) is 5.06. The number of hydrogen-bond acceptors (Lipinski definition) is 6. The van der Waals surface area contributed by atoms with Crippen LogP contribution in [0.5, 0.6) is 5.75 Å². The van der Waals surface area contributed by atoms with Crippen molar-refractivity contribution in [2.75, 3.05) is 0 Å². The van der Waals surface area contributed by atoms with Gasteiger partial charge in [0.05, 0.1) is 16.1 Å². The van der Waals surface area contributed by atoms with Crippen LogP contribution < -0.4 is 10.5 Å². The maximum atomic E-state index is 12.7. The highest BCUT2D eigenvalue weighted by Gasteiger charge is 2.30. The quantitative estimate of drug-likeness (QED) is 0.476. The zero-order chi connectivity index (χ0) is 21.3. The summed E-state index contributed by atoms with van der Waals surface area (Å²) >= 11 is 1.37. The van der Waals surface area contributed by atoms with Crippen molar-refractivity contribution in [3.63, 3.8) is 0 Å². The molecule has 0 radical (unpaired) electrons. The number of aromatic amines is 1. The third-order valence-electron chi connectivity index (χ3n) is 4.29. The topological polar surface area (TPSA) is 81.0 Å². The van der Waals surface area contributed by atoms with Crippen molar-refractivity contribution in [2.45, 2.75) is 19.7 Å². The molecule has 0 saturated carbocycles. The van der Waals surface area contributed by atoms with Gasteiger partial charge in [-0.3, -0.25) is 9.51 Å². The fourth-order valence-corrected chi connectivity index (χ4v) is 3.68. The summed E-state index contributed by atoms with van der Waals surface area (Å²) in [6, 6.07) is 11.9. The molecular weight excluding hydrogens is 419 g/mol. The zero-order valence-electron chi connectivity index (χ0n) is 15.5. The Morgan fingerprint density at radius 1 is 1.07 bits per heavy atom. The van der Waals surface area contributed by atoms with Crippen molar-refractivity contribution in [3.05, 3.63) is 75.2 Å². The lowest BCUT2D eigenvalue weighted by Gasteiger charge is -2.06. The monoisotopic (exact) mass is 433 g/mol. The fraction of sp³-hybridized carbons (Fsp3) is 0.150. The molecule has 0 aliphatic carbocycles. The van der Waals surface area contributed by atoms with Gasteiger partial charge in [-0.1, -0.05) is 17.3 Å². The van der Waals surface area contributed by atoms with E-state index in [1.807, 2.05) is 6.92 Å². The van der Waals surface area contributed by atoms with E-state index in [0.717, 1.165) is 22.7 Å². The molecule has 0 saturated heterocycles. The summed E-state index contributed by atoms with van der Waals surface area (Å²) in [6.07, 6.45) is -4.37. The Labute approximate surface area is 172 Å². The molecule has 0 amide bonds. The van der Waals surface area contributed by atoms with E-state index >= 15 is 0 Å². The number of halogens is 3. The van der Waals surface area contributed by atoms with Gasteiger partial charge in [-0.2, -0.15) is 13.2 Å². The normalized spacial score (nSPS) is 11.6. The number of aryl methyl sites for hydroxylation is 1. The van der Waals surface area contributed by atoms with Crippen LogP contribution in [-0.2, 0) is 12.8 Å². The van der Waals surface area contributed by atoms with Gasteiger partial charge in [0.1, 0.15) is 17.4 Å². The molecule has 0 aliphatic rings. The summed E-state index contributed by atoms with van der Waals surface area (Å²) in [5.41, 5.74) is 1.35. The summed E-state index contributed by atoms with van der Waals surface area (Å²) in [7, 11) is 0. The van der Waals surface area contributed by atoms with Crippen LogP contribution in [0.4, 0.5) is 13.2 Å². The first-order chi connectivity index (χ1) is 14.3. The standard InChI is InChI=1S/C20H14F3N3O3S/c1-11-16(30-18(24-11)13-2-6-14(7-3-13)20(21,22)23)10-28-15-8-4-12(5-9-15)17-25-19(27)29-26-17/h2-9H,10H2,1H3,(H,25,26,27). The molecule has 1 N–H and O–H groups in total. The molecule has 2 aromatic heterocycles. The molecule has 0 bridgehead atoms. The number of thiazole rings is 1. The van der Waals surface area contributed by atoms with Gasteiger partial charge in [0.15, 0.2) is 5.82 Å². The minimum Gasteiger partial charge on any atom is -0.488 e. The fourth-order valence-electron chi connectivity index (χ4n) is 2.70. The Balaban J connectivity index is 1.44. The van der Waals surface area contributed by atoms with Crippen molar-refractivity contribution < 1.29 is 22.4 Å². The molecule has 2 aromatic carbocycles. The minimum absolute atomic E-state index is 0.268. The van der Waals surface area contributed by atoms with Crippen LogP contribution in [0.15, 0.2) is 57.8 Å². The Morgan fingerprint density at radius 3 is 2.33 bits per heavy atom. The Morgan fingerprint density at radius 2 is 1.73 bits per heavy atom. The van der Waals surface area contributed by atoms with Crippen molar-refractivity contribution >= 4 is 11.3 Å². The third-order valence-corrected chi connectivity index (χ3v) is 5.47. The lowest BCUT2D eigenvalue weighted by atomic mass is 10.1. The molecule has 4 aromatic rings. The van der Waals surface area contributed by atoms with E-state index in [4.69, 9.17) is 4.74 Å². The van der Waals surface area contributed by atoms with Crippen molar-refractivity contribution in [1.82, 2.24) is 15.1 Å². The Bertz CT molecular complexity index is 1210. The highest BCUT2D eigenvalue weighted by Crippen LogP contribution is 2.33. The Kier molecular flexibility index (Phi) is 5.17. The van der Waals surface area contributed by atoms with Gasteiger partial charge < -0.3 is 4.74 Å². The van der Waals surface area contributed by atoms with Crippen molar-refractivity contribution in [3.8, 4) is 27.7 Å². The van der Waals surface area contributed by atoms with Crippen LogP contribution in [0.25, 0.3) is 22.0 Å². The largest absolute Gasteiger partial charge is 0.488 e. The molecule has 0 aliphatic heterocycles. The van der Waals surface area contributed by atoms with Gasteiger partial charge >= 0.3 is 11.9 Å². The second-order valence-corrected chi connectivity index (χ2v) is 7.44. The van der Waals surface area contributed by atoms with Gasteiger partial charge in [-0.25, -0.2) is 9.78 Å².